The van der Waals surface area contributed by atoms with Crippen molar-refractivity contribution in [2.24, 2.45) is 0 Å². The standard InChI is InChI=1S/C38H62O5Si2/c1-28(2)44(29(3)4,30(5)6)43-35-27-32(42-38(36(35)39)25-18-17-19-31(7)41-38)24-26-40-45(37(8,9)10,33-20-13-11-14-21-33)34-22-15-12-16-23-34/h11-16,20-23,28-32,35-36,39H,17-19,24-27H2,1-10H3/t31-,32-,35-,36+,38+/m1/s1. The summed E-state index contributed by atoms with van der Waals surface area (Å²) < 4.78 is 28.2. The molecule has 5 nitrogen and oxygen atoms in total. The lowest BCUT2D eigenvalue weighted by molar-refractivity contribution is -0.350. The van der Waals surface area contributed by atoms with Crippen molar-refractivity contribution in [2.75, 3.05) is 6.61 Å². The molecule has 252 valence electrons. The minimum Gasteiger partial charge on any atom is -0.410 e. The molecule has 1 spiro atoms. The normalized spacial score (nSPS) is 27.0. The molecular weight excluding hydrogens is 593 g/mol. The molecule has 2 aromatic carbocycles. The highest BCUT2D eigenvalue weighted by Crippen LogP contribution is 2.47. The number of rotatable bonds is 11. The van der Waals surface area contributed by atoms with Crippen molar-refractivity contribution in [1.29, 1.82) is 0 Å². The lowest BCUT2D eigenvalue weighted by atomic mass is 9.90. The minimum atomic E-state index is -2.67. The molecule has 0 aromatic heterocycles. The Morgan fingerprint density at radius 2 is 1.38 bits per heavy atom. The summed E-state index contributed by atoms with van der Waals surface area (Å²) in [5.74, 6) is -1.05. The van der Waals surface area contributed by atoms with E-state index in [0.717, 1.165) is 25.7 Å². The highest BCUT2D eigenvalue weighted by molar-refractivity contribution is 6.99. The molecule has 0 bridgehead atoms. The highest BCUT2D eigenvalue weighted by atomic mass is 28.4. The van der Waals surface area contributed by atoms with E-state index in [1.807, 2.05) is 0 Å². The van der Waals surface area contributed by atoms with Gasteiger partial charge in [0.15, 0.2) is 5.79 Å². The first kappa shape index (κ1) is 36.5. The Morgan fingerprint density at radius 3 is 1.87 bits per heavy atom. The molecule has 2 aliphatic rings. The van der Waals surface area contributed by atoms with E-state index in [4.69, 9.17) is 18.3 Å². The van der Waals surface area contributed by atoms with Gasteiger partial charge >= 0.3 is 0 Å². The first-order chi connectivity index (χ1) is 21.2. The predicted octanol–water partition coefficient (Wildman–Crippen LogP) is 8.34. The summed E-state index contributed by atoms with van der Waals surface area (Å²) in [5, 5.41) is 14.6. The summed E-state index contributed by atoms with van der Waals surface area (Å²) in [6.45, 7) is 23.5. The smallest absolute Gasteiger partial charge is 0.261 e. The molecule has 45 heavy (non-hydrogen) atoms. The fourth-order valence-corrected chi connectivity index (χ4v) is 18.8. The van der Waals surface area contributed by atoms with Crippen LogP contribution >= 0.6 is 0 Å². The quantitative estimate of drug-likeness (QED) is 0.247. The van der Waals surface area contributed by atoms with E-state index in [1.165, 1.54) is 10.4 Å². The van der Waals surface area contributed by atoms with Crippen molar-refractivity contribution < 1.29 is 23.4 Å². The van der Waals surface area contributed by atoms with Crippen LogP contribution in [0.25, 0.3) is 0 Å². The zero-order valence-electron chi connectivity index (χ0n) is 29.8. The van der Waals surface area contributed by atoms with Gasteiger partial charge in [-0.2, -0.15) is 0 Å². The Bertz CT molecular complexity index is 1120. The maximum Gasteiger partial charge on any atom is 0.261 e. The first-order valence-corrected chi connectivity index (χ1v) is 21.7. The molecule has 5 atom stereocenters. The molecule has 0 aliphatic carbocycles. The molecule has 2 aromatic rings. The van der Waals surface area contributed by atoms with Crippen molar-refractivity contribution in [3.05, 3.63) is 60.7 Å². The molecule has 2 aliphatic heterocycles. The van der Waals surface area contributed by atoms with E-state index in [2.05, 4.69) is 130 Å². The van der Waals surface area contributed by atoms with Gasteiger partial charge in [0.25, 0.3) is 8.32 Å². The molecule has 1 N–H and O–H groups in total. The largest absolute Gasteiger partial charge is 0.410 e. The van der Waals surface area contributed by atoms with Gasteiger partial charge in [-0.1, -0.05) is 129 Å². The summed E-state index contributed by atoms with van der Waals surface area (Å²) in [6.07, 6.45) is 3.81. The highest BCUT2D eigenvalue weighted by Gasteiger charge is 2.56. The average molecular weight is 655 g/mol. The van der Waals surface area contributed by atoms with E-state index in [9.17, 15) is 5.11 Å². The predicted molar refractivity (Wildman–Crippen MR) is 191 cm³/mol. The molecule has 0 saturated carbocycles. The summed E-state index contributed by atoms with van der Waals surface area (Å²) in [4.78, 5) is 0. The van der Waals surface area contributed by atoms with Crippen LogP contribution < -0.4 is 10.4 Å². The van der Waals surface area contributed by atoms with E-state index in [1.54, 1.807) is 0 Å². The topological polar surface area (TPSA) is 57.2 Å². The summed E-state index contributed by atoms with van der Waals surface area (Å²) >= 11 is 0. The van der Waals surface area contributed by atoms with E-state index >= 15 is 0 Å². The number of ether oxygens (including phenoxy) is 2. The Kier molecular flexibility index (Phi) is 12.0. The van der Waals surface area contributed by atoms with Crippen molar-refractivity contribution >= 4 is 27.0 Å². The Hall–Kier alpha value is -1.33. The number of hydrogen-bond acceptors (Lipinski definition) is 5. The second-order valence-electron chi connectivity index (χ2n) is 15.7. The average Bonchev–Trinajstić information content (AvgIpc) is 3.17. The van der Waals surface area contributed by atoms with Gasteiger partial charge in [-0.25, -0.2) is 0 Å². The Balaban J connectivity index is 1.67. The Morgan fingerprint density at radius 1 is 0.844 bits per heavy atom. The van der Waals surface area contributed by atoms with Crippen molar-refractivity contribution in [3.63, 3.8) is 0 Å². The van der Waals surface area contributed by atoms with Gasteiger partial charge in [0.1, 0.15) is 6.10 Å². The maximum atomic E-state index is 12.1. The van der Waals surface area contributed by atoms with Crippen LogP contribution in [0.5, 0.6) is 0 Å². The maximum absolute atomic E-state index is 12.1. The number of aliphatic hydroxyl groups is 1. The first-order valence-electron chi connectivity index (χ1n) is 17.7. The third-order valence-corrected chi connectivity index (χ3v) is 21.9. The molecular formula is C38H62O5Si2. The molecule has 2 fully saturated rings. The van der Waals surface area contributed by atoms with Crippen molar-refractivity contribution in [3.8, 4) is 0 Å². The van der Waals surface area contributed by atoms with Crippen LogP contribution in [0.3, 0.4) is 0 Å². The summed E-state index contributed by atoms with van der Waals surface area (Å²) in [7, 11) is -4.94. The van der Waals surface area contributed by atoms with E-state index < -0.39 is 28.5 Å². The van der Waals surface area contributed by atoms with Gasteiger partial charge in [0, 0.05) is 19.4 Å². The molecule has 0 amide bonds. The van der Waals surface area contributed by atoms with Crippen LogP contribution in [0.4, 0.5) is 0 Å². The monoisotopic (exact) mass is 654 g/mol. The van der Waals surface area contributed by atoms with Gasteiger partial charge in [-0.05, 0) is 58.2 Å². The van der Waals surface area contributed by atoms with Gasteiger partial charge < -0.3 is 23.4 Å². The third kappa shape index (κ3) is 7.40. The third-order valence-electron chi connectivity index (χ3n) is 10.7. The fraction of sp³-hybridized carbons (Fsp3) is 0.684. The fourth-order valence-electron chi connectivity index (χ4n) is 8.70. The van der Waals surface area contributed by atoms with Crippen LogP contribution in [-0.4, -0.2) is 58.6 Å². The second kappa shape index (κ2) is 14.8. The zero-order valence-corrected chi connectivity index (χ0v) is 31.8. The van der Waals surface area contributed by atoms with Gasteiger partial charge in [-0.15, -0.1) is 0 Å². The summed E-state index contributed by atoms with van der Waals surface area (Å²) in [6, 6.07) is 21.7. The number of benzene rings is 2. The van der Waals surface area contributed by atoms with Crippen molar-refractivity contribution in [1.82, 2.24) is 0 Å². The second-order valence-corrected chi connectivity index (χ2v) is 25.4. The van der Waals surface area contributed by atoms with Crippen LogP contribution in [-0.2, 0) is 18.3 Å². The molecule has 2 heterocycles. The lowest BCUT2D eigenvalue weighted by Gasteiger charge is -2.52. The minimum absolute atomic E-state index is 0.0252. The number of aliphatic hydroxyl groups excluding tert-OH is 1. The van der Waals surface area contributed by atoms with Gasteiger partial charge in [-0.3, -0.25) is 0 Å². The van der Waals surface area contributed by atoms with Crippen LogP contribution in [0.15, 0.2) is 60.7 Å². The van der Waals surface area contributed by atoms with Crippen LogP contribution in [0.1, 0.15) is 108 Å². The lowest BCUT2D eigenvalue weighted by Crippen LogP contribution is -2.67. The Labute approximate surface area is 276 Å². The van der Waals surface area contributed by atoms with E-state index in [-0.39, 0.29) is 23.4 Å². The molecule has 2 saturated heterocycles. The molecule has 7 heteroatoms. The number of hydrogen-bond donors (Lipinski definition) is 1. The molecule has 4 rings (SSSR count). The van der Waals surface area contributed by atoms with Crippen molar-refractivity contribution in [2.45, 2.75) is 160 Å². The van der Waals surface area contributed by atoms with E-state index in [0.29, 0.717) is 36.1 Å². The molecule has 0 unspecified atom stereocenters. The van der Waals surface area contributed by atoms with Crippen LogP contribution in [0, 0.1) is 0 Å². The molecule has 0 radical (unpaired) electrons. The van der Waals surface area contributed by atoms with Gasteiger partial charge in [0.2, 0.25) is 8.32 Å². The summed E-state index contributed by atoms with van der Waals surface area (Å²) in [5.41, 5.74) is 1.28. The van der Waals surface area contributed by atoms with Crippen LogP contribution in [0.2, 0.25) is 21.7 Å². The van der Waals surface area contributed by atoms with Gasteiger partial charge in [0.05, 0.1) is 18.3 Å². The zero-order chi connectivity index (χ0) is 33.0. The SMILES string of the molecule is CC(C)[Si](O[C@@H]1C[C@@H](CCO[Si](c2ccccc2)(c2ccccc2)C(C)(C)C)O[C@@]2(CCCC[C@@H](C)O2)[C@H]1O)(C(C)C)C(C)C.